The molecule has 0 saturated carbocycles. The fraction of sp³-hybridized carbons (Fsp3) is 0.167. The van der Waals surface area contributed by atoms with Crippen LogP contribution in [0.2, 0.25) is 0 Å². The van der Waals surface area contributed by atoms with Crippen molar-refractivity contribution in [3.8, 4) is 0 Å². The van der Waals surface area contributed by atoms with Gasteiger partial charge in [0.15, 0.2) is 0 Å². The Hall–Kier alpha value is -1.27. The number of hydrogen-bond donors (Lipinski definition) is 1. The van der Waals surface area contributed by atoms with E-state index in [0.717, 1.165) is 5.01 Å². The van der Waals surface area contributed by atoms with E-state index in [2.05, 4.69) is 26.2 Å². The number of carbonyl (C=O) groups is 1. The topological polar surface area (TPSA) is 42.0 Å². The van der Waals surface area contributed by atoms with Crippen LogP contribution in [0.3, 0.4) is 0 Å². The summed E-state index contributed by atoms with van der Waals surface area (Å²) in [6.45, 7) is 3.64. The van der Waals surface area contributed by atoms with Crippen LogP contribution in [-0.4, -0.2) is 10.9 Å². The normalized spacial score (nSPS) is 10.4. The Bertz CT molecular complexity index is 612. The van der Waals surface area contributed by atoms with Crippen LogP contribution in [0.5, 0.6) is 0 Å². The summed E-state index contributed by atoms with van der Waals surface area (Å²) in [4.78, 5) is 16.8. The number of anilines is 1. The minimum atomic E-state index is -0.363. The molecule has 18 heavy (non-hydrogen) atoms. The number of amides is 1. The lowest BCUT2D eigenvalue weighted by molar-refractivity contribution is 0.103. The summed E-state index contributed by atoms with van der Waals surface area (Å²) in [6.07, 6.45) is 0. The van der Waals surface area contributed by atoms with Crippen molar-refractivity contribution in [2.45, 2.75) is 13.8 Å². The van der Waals surface area contributed by atoms with Crippen molar-refractivity contribution in [2.75, 3.05) is 5.32 Å². The summed E-state index contributed by atoms with van der Waals surface area (Å²) >= 11 is 4.41. The SMILES string of the molecule is Cc1nc(C)c(C(=O)Nc2ccc(F)c(Br)c2)s1. The monoisotopic (exact) mass is 328 g/mol. The Morgan fingerprint density at radius 3 is 2.72 bits per heavy atom. The zero-order chi connectivity index (χ0) is 13.3. The van der Waals surface area contributed by atoms with E-state index < -0.39 is 0 Å². The van der Waals surface area contributed by atoms with Crippen molar-refractivity contribution in [2.24, 2.45) is 0 Å². The molecule has 1 heterocycles. The molecule has 1 N–H and O–H groups in total. The fourth-order valence-electron chi connectivity index (χ4n) is 1.50. The van der Waals surface area contributed by atoms with Crippen molar-refractivity contribution in [1.29, 1.82) is 0 Å². The molecule has 0 aliphatic heterocycles. The first-order valence-electron chi connectivity index (χ1n) is 5.18. The van der Waals surface area contributed by atoms with Crippen molar-refractivity contribution in [3.05, 3.63) is 44.1 Å². The van der Waals surface area contributed by atoms with Gasteiger partial charge in [-0.15, -0.1) is 11.3 Å². The van der Waals surface area contributed by atoms with Gasteiger partial charge in [-0.25, -0.2) is 9.37 Å². The standard InChI is InChI=1S/C12H10BrFN2OS/c1-6-11(18-7(2)15-6)12(17)16-8-3-4-10(14)9(13)5-8/h3-5H,1-2H3,(H,16,17). The van der Waals surface area contributed by atoms with E-state index >= 15 is 0 Å². The molecule has 0 bridgehead atoms. The Morgan fingerprint density at radius 2 is 2.17 bits per heavy atom. The highest BCUT2D eigenvalue weighted by atomic mass is 79.9. The second kappa shape index (κ2) is 5.16. The number of nitrogens with one attached hydrogen (secondary N) is 1. The molecule has 2 aromatic rings. The number of rotatable bonds is 2. The van der Waals surface area contributed by atoms with Crippen LogP contribution >= 0.6 is 27.3 Å². The van der Waals surface area contributed by atoms with Gasteiger partial charge < -0.3 is 5.32 Å². The Morgan fingerprint density at radius 1 is 1.44 bits per heavy atom. The van der Waals surface area contributed by atoms with E-state index in [4.69, 9.17) is 0 Å². The summed E-state index contributed by atoms with van der Waals surface area (Å²) < 4.78 is 13.4. The molecule has 2 rings (SSSR count). The van der Waals surface area contributed by atoms with E-state index in [1.807, 2.05) is 6.92 Å². The lowest BCUT2D eigenvalue weighted by atomic mass is 10.3. The smallest absolute Gasteiger partial charge is 0.267 e. The van der Waals surface area contributed by atoms with Gasteiger partial charge in [-0.3, -0.25) is 4.79 Å². The molecular weight excluding hydrogens is 319 g/mol. The van der Waals surface area contributed by atoms with Gasteiger partial charge in [0.2, 0.25) is 0 Å². The average Bonchev–Trinajstić information content (AvgIpc) is 2.63. The molecule has 1 aromatic heterocycles. The Kier molecular flexibility index (Phi) is 3.77. The summed E-state index contributed by atoms with van der Waals surface area (Å²) in [5.74, 6) is -0.588. The number of nitrogens with zero attached hydrogens (tertiary/aromatic N) is 1. The number of carbonyl (C=O) groups excluding carboxylic acids is 1. The van der Waals surface area contributed by atoms with Gasteiger partial charge in [0, 0.05) is 5.69 Å². The predicted octanol–water partition coefficient (Wildman–Crippen LogP) is 3.91. The largest absolute Gasteiger partial charge is 0.321 e. The lowest BCUT2D eigenvalue weighted by Gasteiger charge is -2.04. The lowest BCUT2D eigenvalue weighted by Crippen LogP contribution is -2.11. The van der Waals surface area contributed by atoms with Gasteiger partial charge in [0.1, 0.15) is 10.7 Å². The Balaban J connectivity index is 2.21. The van der Waals surface area contributed by atoms with Crippen LogP contribution in [0.15, 0.2) is 22.7 Å². The highest BCUT2D eigenvalue weighted by molar-refractivity contribution is 9.10. The van der Waals surface area contributed by atoms with Gasteiger partial charge in [-0.05, 0) is 48.0 Å². The number of thiazole rings is 1. The number of halogens is 2. The quantitative estimate of drug-likeness (QED) is 0.907. The number of benzene rings is 1. The molecule has 3 nitrogen and oxygen atoms in total. The highest BCUT2D eigenvalue weighted by Crippen LogP contribution is 2.22. The summed E-state index contributed by atoms with van der Waals surface area (Å²) in [5, 5.41) is 3.56. The zero-order valence-electron chi connectivity index (χ0n) is 9.75. The summed E-state index contributed by atoms with van der Waals surface area (Å²) in [6, 6.07) is 4.34. The molecule has 0 saturated heterocycles. The molecular formula is C12H10BrFN2OS. The Labute approximate surface area is 116 Å². The first-order chi connectivity index (χ1) is 8.47. The molecule has 0 aliphatic rings. The van der Waals surface area contributed by atoms with Crippen molar-refractivity contribution in [1.82, 2.24) is 4.98 Å². The minimum Gasteiger partial charge on any atom is -0.321 e. The molecule has 6 heteroatoms. The van der Waals surface area contributed by atoms with Crippen LogP contribution in [0.1, 0.15) is 20.4 Å². The maximum Gasteiger partial charge on any atom is 0.267 e. The summed E-state index contributed by atoms with van der Waals surface area (Å²) in [7, 11) is 0. The van der Waals surface area contributed by atoms with Crippen LogP contribution in [0, 0.1) is 19.7 Å². The van der Waals surface area contributed by atoms with Gasteiger partial charge in [-0.2, -0.15) is 0 Å². The van der Waals surface area contributed by atoms with Crippen LogP contribution in [0.4, 0.5) is 10.1 Å². The molecule has 0 radical (unpaired) electrons. The fourth-order valence-corrected chi connectivity index (χ4v) is 2.70. The van der Waals surface area contributed by atoms with Gasteiger partial charge in [0.25, 0.3) is 5.91 Å². The second-order valence-corrected chi connectivity index (χ2v) is 5.79. The third-order valence-electron chi connectivity index (χ3n) is 2.29. The third-order valence-corrected chi connectivity index (χ3v) is 3.97. The number of aryl methyl sites for hydroxylation is 2. The van der Waals surface area contributed by atoms with E-state index in [-0.39, 0.29) is 11.7 Å². The molecule has 0 unspecified atom stereocenters. The maximum atomic E-state index is 13.1. The second-order valence-electron chi connectivity index (χ2n) is 3.73. The van der Waals surface area contributed by atoms with Crippen molar-refractivity contribution >= 4 is 38.9 Å². The van der Waals surface area contributed by atoms with Crippen LogP contribution < -0.4 is 5.32 Å². The third kappa shape index (κ3) is 2.76. The van der Waals surface area contributed by atoms with Gasteiger partial charge in [-0.1, -0.05) is 0 Å². The highest BCUT2D eigenvalue weighted by Gasteiger charge is 2.14. The van der Waals surface area contributed by atoms with Gasteiger partial charge in [0.05, 0.1) is 15.2 Å². The summed E-state index contributed by atoms with van der Waals surface area (Å²) in [5.41, 5.74) is 1.25. The van der Waals surface area contributed by atoms with E-state index in [1.165, 1.54) is 29.5 Å². The average molecular weight is 329 g/mol. The maximum absolute atomic E-state index is 13.1. The van der Waals surface area contributed by atoms with Crippen molar-refractivity contribution in [3.63, 3.8) is 0 Å². The van der Waals surface area contributed by atoms with Crippen molar-refractivity contribution < 1.29 is 9.18 Å². The number of hydrogen-bond acceptors (Lipinski definition) is 3. The number of aromatic nitrogens is 1. The molecule has 0 aliphatic carbocycles. The predicted molar refractivity (Wildman–Crippen MR) is 73.6 cm³/mol. The molecule has 0 spiro atoms. The van der Waals surface area contributed by atoms with E-state index in [9.17, 15) is 9.18 Å². The molecule has 0 atom stereocenters. The van der Waals surface area contributed by atoms with Crippen LogP contribution in [0.25, 0.3) is 0 Å². The van der Waals surface area contributed by atoms with E-state index in [1.54, 1.807) is 6.92 Å². The first-order valence-corrected chi connectivity index (χ1v) is 6.79. The zero-order valence-corrected chi connectivity index (χ0v) is 12.2. The minimum absolute atomic E-state index is 0.225. The molecule has 1 amide bonds. The van der Waals surface area contributed by atoms with Crippen LogP contribution in [-0.2, 0) is 0 Å². The molecule has 94 valence electrons. The van der Waals surface area contributed by atoms with Gasteiger partial charge >= 0.3 is 0 Å². The first kappa shape index (κ1) is 13.2. The molecule has 0 fully saturated rings. The van der Waals surface area contributed by atoms with E-state index in [0.29, 0.717) is 20.7 Å². The molecule has 1 aromatic carbocycles.